The molecule has 4 nitrogen and oxygen atoms in total. The third kappa shape index (κ3) is 1.54. The second kappa shape index (κ2) is 3.25. The standard InChI is InChI=1S/C12H20O4S/c1-11(2)8(9(11)10(13)14)7-5-6-17(15,16)12(7,3)4/h7-9H,5-6H2,1-4H3,(H,13,14)/t7?,8-,9+/m1/s1. The van der Waals surface area contributed by atoms with Gasteiger partial charge in [-0.2, -0.15) is 0 Å². The first-order chi connectivity index (χ1) is 7.53. The van der Waals surface area contributed by atoms with Crippen LogP contribution in [0.25, 0.3) is 0 Å². The third-order valence-electron chi connectivity index (χ3n) is 5.00. The summed E-state index contributed by atoms with van der Waals surface area (Å²) < 4.78 is 23.2. The van der Waals surface area contributed by atoms with Crippen LogP contribution in [0.3, 0.4) is 0 Å². The number of aliphatic carboxylic acids is 1. The van der Waals surface area contributed by atoms with E-state index in [1.807, 2.05) is 13.8 Å². The minimum absolute atomic E-state index is 0.00715. The van der Waals surface area contributed by atoms with Crippen molar-refractivity contribution in [1.29, 1.82) is 0 Å². The van der Waals surface area contributed by atoms with Gasteiger partial charge in [0.1, 0.15) is 0 Å². The van der Waals surface area contributed by atoms with Gasteiger partial charge in [0.15, 0.2) is 9.84 Å². The zero-order valence-corrected chi connectivity index (χ0v) is 11.5. The maximum Gasteiger partial charge on any atom is 0.307 e. The first-order valence-corrected chi connectivity index (χ1v) is 7.64. The first-order valence-electron chi connectivity index (χ1n) is 5.98. The number of carboxylic acids is 1. The van der Waals surface area contributed by atoms with Gasteiger partial charge in [0, 0.05) is 0 Å². The minimum atomic E-state index is -3.07. The summed E-state index contributed by atoms with van der Waals surface area (Å²) in [4.78, 5) is 11.2. The summed E-state index contributed by atoms with van der Waals surface area (Å²) in [6.07, 6.45) is 0.604. The zero-order valence-electron chi connectivity index (χ0n) is 10.7. The van der Waals surface area contributed by atoms with Gasteiger partial charge < -0.3 is 5.11 Å². The van der Waals surface area contributed by atoms with Gasteiger partial charge in [-0.05, 0) is 37.5 Å². The van der Waals surface area contributed by atoms with E-state index in [1.54, 1.807) is 13.8 Å². The van der Waals surface area contributed by atoms with E-state index >= 15 is 0 Å². The van der Waals surface area contributed by atoms with Gasteiger partial charge in [0.05, 0.1) is 16.4 Å². The highest BCUT2D eigenvalue weighted by molar-refractivity contribution is 7.93. The lowest BCUT2D eigenvalue weighted by atomic mass is 9.85. The van der Waals surface area contributed by atoms with Gasteiger partial charge in [-0.3, -0.25) is 4.79 Å². The van der Waals surface area contributed by atoms with E-state index < -0.39 is 20.6 Å². The Labute approximate surface area is 102 Å². The molecule has 0 radical (unpaired) electrons. The summed E-state index contributed by atoms with van der Waals surface area (Å²) in [7, 11) is -3.07. The molecule has 0 bridgehead atoms. The van der Waals surface area contributed by atoms with Crippen LogP contribution < -0.4 is 0 Å². The SMILES string of the molecule is CC1(C)[C@H](C(=O)O)[C@H]1C1CCS(=O)(=O)C1(C)C. The smallest absolute Gasteiger partial charge is 0.307 e. The zero-order chi connectivity index (χ0) is 13.2. The Morgan fingerprint density at radius 2 is 1.76 bits per heavy atom. The fourth-order valence-corrected chi connectivity index (χ4v) is 5.45. The van der Waals surface area contributed by atoms with E-state index in [1.165, 1.54) is 0 Å². The highest BCUT2D eigenvalue weighted by Gasteiger charge is 2.69. The van der Waals surface area contributed by atoms with Gasteiger partial charge in [-0.1, -0.05) is 13.8 Å². The van der Waals surface area contributed by atoms with Crippen molar-refractivity contribution in [3.05, 3.63) is 0 Å². The predicted octanol–water partition coefficient (Wildman–Crippen LogP) is 1.56. The molecule has 0 amide bonds. The summed E-state index contributed by atoms with van der Waals surface area (Å²) >= 11 is 0. The van der Waals surface area contributed by atoms with Crippen molar-refractivity contribution in [2.24, 2.45) is 23.2 Å². The van der Waals surface area contributed by atoms with Gasteiger partial charge in [-0.25, -0.2) is 8.42 Å². The van der Waals surface area contributed by atoms with Gasteiger partial charge >= 0.3 is 5.97 Å². The van der Waals surface area contributed by atoms with Crippen LogP contribution in [0.5, 0.6) is 0 Å². The van der Waals surface area contributed by atoms with Gasteiger partial charge in [0.2, 0.25) is 0 Å². The van der Waals surface area contributed by atoms with Crippen molar-refractivity contribution in [3.8, 4) is 0 Å². The van der Waals surface area contributed by atoms with Crippen molar-refractivity contribution in [2.75, 3.05) is 5.75 Å². The van der Waals surface area contributed by atoms with Crippen molar-refractivity contribution in [2.45, 2.75) is 38.9 Å². The molecule has 1 aliphatic carbocycles. The van der Waals surface area contributed by atoms with Crippen molar-refractivity contribution >= 4 is 15.8 Å². The number of hydrogen-bond acceptors (Lipinski definition) is 3. The second-order valence-electron chi connectivity index (χ2n) is 6.48. The van der Waals surface area contributed by atoms with E-state index in [0.29, 0.717) is 6.42 Å². The Hall–Kier alpha value is -0.580. The molecule has 0 aromatic carbocycles. The summed E-state index contributed by atoms with van der Waals surface area (Å²) in [5.41, 5.74) is -0.270. The third-order valence-corrected chi connectivity index (χ3v) is 7.68. The molecular formula is C12H20O4S. The van der Waals surface area contributed by atoms with Crippen LogP contribution in [0.4, 0.5) is 0 Å². The Morgan fingerprint density at radius 3 is 2.06 bits per heavy atom. The van der Waals surface area contributed by atoms with Crippen LogP contribution in [0.1, 0.15) is 34.1 Å². The van der Waals surface area contributed by atoms with E-state index in [2.05, 4.69) is 0 Å². The summed E-state index contributed by atoms with van der Waals surface area (Å²) in [5.74, 6) is -1.01. The van der Waals surface area contributed by atoms with Crippen molar-refractivity contribution in [3.63, 3.8) is 0 Å². The topological polar surface area (TPSA) is 71.4 Å². The molecule has 1 heterocycles. The van der Waals surface area contributed by atoms with Crippen LogP contribution in [0, 0.1) is 23.2 Å². The molecule has 98 valence electrons. The van der Waals surface area contributed by atoms with Crippen LogP contribution in [0.2, 0.25) is 0 Å². The summed E-state index contributed by atoms with van der Waals surface area (Å²) in [5, 5.41) is 9.17. The molecule has 1 saturated carbocycles. The molecule has 5 heteroatoms. The average molecular weight is 260 g/mol. The minimum Gasteiger partial charge on any atom is -0.481 e. The van der Waals surface area contributed by atoms with Crippen LogP contribution >= 0.6 is 0 Å². The molecule has 2 aliphatic rings. The maximum absolute atomic E-state index is 12.0. The monoisotopic (exact) mass is 260 g/mol. The molecule has 0 aromatic rings. The fourth-order valence-electron chi connectivity index (χ4n) is 3.64. The summed E-state index contributed by atoms with van der Waals surface area (Å²) in [6.45, 7) is 7.34. The maximum atomic E-state index is 12.0. The molecule has 0 spiro atoms. The van der Waals surface area contributed by atoms with Crippen molar-refractivity contribution in [1.82, 2.24) is 0 Å². The molecule has 1 saturated heterocycles. The lowest BCUT2D eigenvalue weighted by Crippen LogP contribution is -2.35. The van der Waals surface area contributed by atoms with Crippen LogP contribution in [0.15, 0.2) is 0 Å². The quantitative estimate of drug-likeness (QED) is 0.817. The largest absolute Gasteiger partial charge is 0.481 e. The van der Waals surface area contributed by atoms with E-state index in [0.717, 1.165) is 0 Å². The molecule has 17 heavy (non-hydrogen) atoms. The first kappa shape index (κ1) is 12.9. The normalized spacial score (nSPS) is 41.1. The molecule has 3 atom stereocenters. The molecule has 1 aliphatic heterocycles. The lowest BCUT2D eigenvalue weighted by molar-refractivity contribution is -0.139. The Kier molecular flexibility index (Phi) is 2.46. The van der Waals surface area contributed by atoms with E-state index in [-0.39, 0.29) is 28.9 Å². The van der Waals surface area contributed by atoms with E-state index in [4.69, 9.17) is 0 Å². The second-order valence-corrected chi connectivity index (χ2v) is 9.17. The molecular weight excluding hydrogens is 240 g/mol. The molecule has 2 rings (SSSR count). The molecule has 0 aromatic heterocycles. The highest BCUT2D eigenvalue weighted by atomic mass is 32.2. The van der Waals surface area contributed by atoms with E-state index in [9.17, 15) is 18.3 Å². The average Bonchev–Trinajstić information content (AvgIpc) is 2.60. The Balaban J connectivity index is 2.31. The van der Waals surface area contributed by atoms with Crippen LogP contribution in [-0.2, 0) is 14.6 Å². The highest BCUT2D eigenvalue weighted by Crippen LogP contribution is 2.66. The van der Waals surface area contributed by atoms with Crippen LogP contribution in [-0.4, -0.2) is 30.0 Å². The van der Waals surface area contributed by atoms with Crippen molar-refractivity contribution < 1.29 is 18.3 Å². The summed E-state index contributed by atoms with van der Waals surface area (Å²) in [6, 6.07) is 0. The number of sulfone groups is 1. The van der Waals surface area contributed by atoms with Gasteiger partial charge in [0.25, 0.3) is 0 Å². The molecule has 1 unspecified atom stereocenters. The number of hydrogen-bond donors (Lipinski definition) is 1. The molecule has 1 N–H and O–H groups in total. The van der Waals surface area contributed by atoms with Gasteiger partial charge in [-0.15, -0.1) is 0 Å². The lowest BCUT2D eigenvalue weighted by Gasteiger charge is -2.26. The number of rotatable bonds is 2. The molecule has 2 fully saturated rings. The number of carbonyl (C=O) groups is 1. The Morgan fingerprint density at radius 1 is 1.24 bits per heavy atom. The Bertz CT molecular complexity index is 461. The fraction of sp³-hybridized carbons (Fsp3) is 0.917. The predicted molar refractivity (Wildman–Crippen MR) is 64.4 cm³/mol. The number of carboxylic acid groups (broad SMARTS) is 1.